The molecule has 0 saturated carbocycles. The minimum atomic E-state index is 1.09. The van der Waals surface area contributed by atoms with Gasteiger partial charge in [-0.25, -0.2) is 0 Å². The van der Waals surface area contributed by atoms with Crippen LogP contribution in [0.1, 0.15) is 0 Å². The third-order valence-electron chi connectivity index (χ3n) is 10.8. The first-order valence-electron chi connectivity index (χ1n) is 18.9. The second kappa shape index (κ2) is 14.0. The van der Waals surface area contributed by atoms with E-state index in [-0.39, 0.29) is 0 Å². The Morgan fingerprint density at radius 1 is 0.218 bits per heavy atom. The van der Waals surface area contributed by atoms with E-state index >= 15 is 0 Å². The molecule has 10 rings (SSSR count). The zero-order chi connectivity index (χ0) is 36.6. The van der Waals surface area contributed by atoms with Crippen LogP contribution < -0.4 is 4.90 Å². The number of hydrogen-bond acceptors (Lipinski definition) is 1. The Kier molecular flexibility index (Phi) is 8.24. The van der Waals surface area contributed by atoms with Crippen molar-refractivity contribution in [3.8, 4) is 44.5 Å². The molecule has 0 aliphatic carbocycles. The van der Waals surface area contributed by atoms with Crippen LogP contribution in [0.2, 0.25) is 0 Å². The molecule has 0 amide bonds. The molecule has 0 unspecified atom stereocenters. The van der Waals surface area contributed by atoms with Gasteiger partial charge in [0.2, 0.25) is 0 Å². The minimum absolute atomic E-state index is 1.09. The predicted molar refractivity (Wildman–Crippen MR) is 235 cm³/mol. The maximum Gasteiger partial charge on any atom is 0.0473 e. The topological polar surface area (TPSA) is 3.24 Å². The number of benzene rings is 10. The molecule has 0 aliphatic rings. The van der Waals surface area contributed by atoms with Gasteiger partial charge in [0.05, 0.1) is 0 Å². The summed E-state index contributed by atoms with van der Waals surface area (Å²) in [5.74, 6) is 0. The average Bonchev–Trinajstić information content (AvgIpc) is 3.27. The molecule has 0 aromatic heterocycles. The van der Waals surface area contributed by atoms with Gasteiger partial charge in [0.1, 0.15) is 0 Å². The van der Waals surface area contributed by atoms with Gasteiger partial charge in [-0.15, -0.1) is 0 Å². The summed E-state index contributed by atoms with van der Waals surface area (Å²) in [4.78, 5) is 2.41. The summed E-state index contributed by atoms with van der Waals surface area (Å²) in [7, 11) is 0. The summed E-state index contributed by atoms with van der Waals surface area (Å²) in [5, 5.41) is 7.53. The Bertz CT molecular complexity index is 2910. The average molecular weight is 700 g/mol. The molecule has 0 atom stereocenters. The molecule has 1 nitrogen and oxygen atoms in total. The van der Waals surface area contributed by atoms with Crippen molar-refractivity contribution in [2.45, 2.75) is 0 Å². The summed E-state index contributed by atoms with van der Waals surface area (Å²) in [5.41, 5.74) is 12.8. The third kappa shape index (κ3) is 6.22. The number of rotatable bonds is 7. The summed E-state index contributed by atoms with van der Waals surface area (Å²) >= 11 is 0. The highest BCUT2D eigenvalue weighted by Crippen LogP contribution is 2.43. The van der Waals surface area contributed by atoms with E-state index in [1.54, 1.807) is 0 Å². The van der Waals surface area contributed by atoms with E-state index in [1.807, 2.05) is 0 Å². The maximum absolute atomic E-state index is 2.41. The van der Waals surface area contributed by atoms with Crippen LogP contribution in [0.25, 0.3) is 76.8 Å². The molecule has 0 N–H and O–H groups in total. The van der Waals surface area contributed by atoms with Gasteiger partial charge in [-0.05, 0) is 131 Å². The van der Waals surface area contributed by atoms with Crippen molar-refractivity contribution < 1.29 is 0 Å². The van der Waals surface area contributed by atoms with Gasteiger partial charge in [0.15, 0.2) is 0 Å². The van der Waals surface area contributed by atoms with E-state index in [1.165, 1.54) is 76.8 Å². The fourth-order valence-corrected chi connectivity index (χ4v) is 8.06. The first-order valence-corrected chi connectivity index (χ1v) is 18.9. The Balaban J connectivity index is 1.17. The zero-order valence-electron chi connectivity index (χ0n) is 30.3. The van der Waals surface area contributed by atoms with Crippen LogP contribution >= 0.6 is 0 Å². The van der Waals surface area contributed by atoms with Gasteiger partial charge in [0, 0.05) is 17.1 Å². The lowest BCUT2D eigenvalue weighted by Gasteiger charge is -2.28. The lowest BCUT2D eigenvalue weighted by Crippen LogP contribution is -2.10. The van der Waals surface area contributed by atoms with Crippen molar-refractivity contribution in [2.75, 3.05) is 4.90 Å². The number of fused-ring (bicyclic) bond motifs is 4. The highest BCUT2D eigenvalue weighted by Gasteiger charge is 2.18. The number of anilines is 3. The molecule has 258 valence electrons. The van der Waals surface area contributed by atoms with E-state index < -0.39 is 0 Å². The van der Waals surface area contributed by atoms with Crippen LogP contribution in [0, 0.1) is 0 Å². The van der Waals surface area contributed by atoms with E-state index in [0.717, 1.165) is 17.1 Å². The van der Waals surface area contributed by atoms with Gasteiger partial charge >= 0.3 is 0 Å². The molecular weight excluding hydrogens is 663 g/mol. The Morgan fingerprint density at radius 3 is 1.45 bits per heavy atom. The van der Waals surface area contributed by atoms with Crippen LogP contribution in [0.3, 0.4) is 0 Å². The highest BCUT2D eigenvalue weighted by atomic mass is 15.1. The molecular formula is C54H37N. The molecule has 10 aromatic rings. The van der Waals surface area contributed by atoms with Crippen molar-refractivity contribution in [2.24, 2.45) is 0 Å². The van der Waals surface area contributed by atoms with Gasteiger partial charge in [-0.1, -0.05) is 170 Å². The van der Waals surface area contributed by atoms with Gasteiger partial charge in [-0.2, -0.15) is 0 Å². The standard InChI is InChI=1S/C54H37N/c1-3-14-38(15-4-1)46-33-47(39-16-5-2-6-17-39)36-50(35-46)55(48-30-28-41(29-31-48)43-27-26-40-18-7-8-19-42(40)32-43)49-22-13-21-44(34-49)54-37-45-20-9-10-23-51(45)52-24-11-12-25-53(52)54/h1-37H. The molecule has 10 aromatic carbocycles. The van der Waals surface area contributed by atoms with Crippen molar-refractivity contribution in [3.05, 3.63) is 224 Å². The van der Waals surface area contributed by atoms with E-state index in [4.69, 9.17) is 0 Å². The normalized spacial score (nSPS) is 11.3. The molecule has 0 fully saturated rings. The number of nitrogens with zero attached hydrogens (tertiary/aromatic N) is 1. The van der Waals surface area contributed by atoms with Crippen molar-refractivity contribution >= 4 is 49.4 Å². The first kappa shape index (κ1) is 32.4. The largest absolute Gasteiger partial charge is 0.310 e. The summed E-state index contributed by atoms with van der Waals surface area (Å²) in [6.07, 6.45) is 0. The van der Waals surface area contributed by atoms with Crippen LogP contribution in [0.5, 0.6) is 0 Å². The quantitative estimate of drug-likeness (QED) is 0.150. The molecule has 0 aliphatic heterocycles. The fourth-order valence-electron chi connectivity index (χ4n) is 8.06. The van der Waals surface area contributed by atoms with Crippen molar-refractivity contribution in [1.29, 1.82) is 0 Å². The Labute approximate surface area is 322 Å². The van der Waals surface area contributed by atoms with E-state index in [9.17, 15) is 0 Å². The van der Waals surface area contributed by atoms with E-state index in [2.05, 4.69) is 229 Å². The van der Waals surface area contributed by atoms with Gasteiger partial charge in [0.25, 0.3) is 0 Å². The van der Waals surface area contributed by atoms with Crippen LogP contribution in [-0.4, -0.2) is 0 Å². The maximum atomic E-state index is 2.41. The second-order valence-corrected chi connectivity index (χ2v) is 14.2. The highest BCUT2D eigenvalue weighted by molar-refractivity contribution is 6.14. The molecule has 0 radical (unpaired) electrons. The molecule has 0 heterocycles. The van der Waals surface area contributed by atoms with Gasteiger partial charge in [-0.3, -0.25) is 0 Å². The molecule has 55 heavy (non-hydrogen) atoms. The zero-order valence-corrected chi connectivity index (χ0v) is 30.3. The van der Waals surface area contributed by atoms with Crippen LogP contribution in [0.4, 0.5) is 17.1 Å². The van der Waals surface area contributed by atoms with Gasteiger partial charge < -0.3 is 4.90 Å². The third-order valence-corrected chi connectivity index (χ3v) is 10.8. The molecule has 1 heteroatoms. The van der Waals surface area contributed by atoms with Crippen molar-refractivity contribution in [1.82, 2.24) is 0 Å². The fraction of sp³-hybridized carbons (Fsp3) is 0. The lowest BCUT2D eigenvalue weighted by molar-refractivity contribution is 1.28. The lowest BCUT2D eigenvalue weighted by atomic mass is 9.93. The number of hydrogen-bond donors (Lipinski definition) is 0. The summed E-state index contributed by atoms with van der Waals surface area (Å²) in [6.45, 7) is 0. The SMILES string of the molecule is c1ccc(-c2cc(-c3ccccc3)cc(N(c3ccc(-c4ccc5ccccc5c4)cc3)c3cccc(-c4cc5ccccc5c5ccccc45)c3)c2)cc1. The molecule has 0 saturated heterocycles. The summed E-state index contributed by atoms with van der Waals surface area (Å²) < 4.78 is 0. The van der Waals surface area contributed by atoms with Crippen LogP contribution in [-0.2, 0) is 0 Å². The molecule has 0 spiro atoms. The second-order valence-electron chi connectivity index (χ2n) is 14.2. The van der Waals surface area contributed by atoms with E-state index in [0.29, 0.717) is 0 Å². The monoisotopic (exact) mass is 699 g/mol. The minimum Gasteiger partial charge on any atom is -0.310 e. The van der Waals surface area contributed by atoms with Crippen molar-refractivity contribution in [3.63, 3.8) is 0 Å². The molecule has 0 bridgehead atoms. The smallest absolute Gasteiger partial charge is 0.0473 e. The Morgan fingerprint density at radius 2 is 0.745 bits per heavy atom. The Hall–Kier alpha value is -7.22. The first-order chi connectivity index (χ1) is 27.2. The predicted octanol–water partition coefficient (Wildman–Crippen LogP) is 15.3. The summed E-state index contributed by atoms with van der Waals surface area (Å²) in [6, 6.07) is 81.6. The van der Waals surface area contributed by atoms with Crippen LogP contribution in [0.15, 0.2) is 224 Å².